The van der Waals surface area contributed by atoms with E-state index in [0.29, 0.717) is 45.8 Å². The molecule has 0 aliphatic heterocycles. The molecule has 0 unspecified atom stereocenters. The van der Waals surface area contributed by atoms with Crippen LogP contribution in [0.5, 0.6) is 0 Å². The van der Waals surface area contributed by atoms with Gasteiger partial charge in [0.15, 0.2) is 0 Å². The van der Waals surface area contributed by atoms with Crippen molar-refractivity contribution in [3.05, 3.63) is 65.9 Å². The van der Waals surface area contributed by atoms with E-state index < -0.39 is 15.6 Å². The lowest BCUT2D eigenvalue weighted by Crippen LogP contribution is -2.40. The van der Waals surface area contributed by atoms with Crippen LogP contribution < -0.4 is 4.72 Å². The first-order chi connectivity index (χ1) is 16.1. The second-order valence-electron chi connectivity index (χ2n) is 8.80. The van der Waals surface area contributed by atoms with Crippen LogP contribution in [0.1, 0.15) is 38.8 Å². The van der Waals surface area contributed by atoms with Gasteiger partial charge in [-0.2, -0.15) is 0 Å². The summed E-state index contributed by atoms with van der Waals surface area (Å²) in [5, 5.41) is 0.521. The Balaban J connectivity index is 1.98. The highest BCUT2D eigenvalue weighted by Crippen LogP contribution is 2.36. The summed E-state index contributed by atoms with van der Waals surface area (Å²) in [4.78, 5) is 13.2. The number of aryl methyl sites for hydroxylation is 1. The Morgan fingerprint density at radius 2 is 1.85 bits per heavy atom. The molecule has 0 amide bonds. The highest BCUT2D eigenvalue weighted by molar-refractivity contribution is 7.89. The lowest BCUT2D eigenvalue weighted by Gasteiger charge is -2.20. The van der Waals surface area contributed by atoms with E-state index in [1.54, 1.807) is 55.9 Å². The fourth-order valence-electron chi connectivity index (χ4n) is 3.77. The average Bonchev–Trinajstić information content (AvgIpc) is 3.10. The maximum atomic E-state index is 14.7. The SMILES string of the molecule is C#Cc1c(-c2ccc(S(=O)(=O)NC(C)(C)C)cn2)n(-c2ncccn2)c2cc(CC)c(F)cc12. The Hall–Kier alpha value is -3.61. The van der Waals surface area contributed by atoms with Crippen molar-refractivity contribution in [1.82, 2.24) is 24.2 Å². The average molecular weight is 478 g/mol. The number of fused-ring (bicyclic) bond motifs is 1. The van der Waals surface area contributed by atoms with E-state index in [9.17, 15) is 12.8 Å². The highest BCUT2D eigenvalue weighted by atomic mass is 32.2. The predicted molar refractivity (Wildman–Crippen MR) is 129 cm³/mol. The molecule has 174 valence electrons. The molecule has 7 nitrogen and oxygen atoms in total. The number of nitrogens with zero attached hydrogens (tertiary/aromatic N) is 4. The Bertz CT molecular complexity index is 1510. The largest absolute Gasteiger partial charge is 0.275 e. The minimum Gasteiger partial charge on any atom is -0.275 e. The summed E-state index contributed by atoms with van der Waals surface area (Å²) in [6.07, 6.45) is 10.8. The number of nitrogens with one attached hydrogen (secondary N) is 1. The summed E-state index contributed by atoms with van der Waals surface area (Å²) >= 11 is 0. The summed E-state index contributed by atoms with van der Waals surface area (Å²) in [6.45, 7) is 7.14. The third-order valence-corrected chi connectivity index (χ3v) is 6.89. The van der Waals surface area contributed by atoms with Crippen LogP contribution in [0.25, 0.3) is 28.2 Å². The van der Waals surface area contributed by atoms with Crippen molar-refractivity contribution in [2.24, 2.45) is 0 Å². The molecule has 1 N–H and O–H groups in total. The molecule has 0 saturated heterocycles. The smallest absolute Gasteiger partial charge is 0.242 e. The van der Waals surface area contributed by atoms with Crippen molar-refractivity contribution < 1.29 is 12.8 Å². The summed E-state index contributed by atoms with van der Waals surface area (Å²) in [5.74, 6) is 2.64. The second kappa shape index (κ2) is 8.63. The Morgan fingerprint density at radius 3 is 2.41 bits per heavy atom. The Morgan fingerprint density at radius 1 is 1.15 bits per heavy atom. The van der Waals surface area contributed by atoms with Gasteiger partial charge in [-0.1, -0.05) is 12.8 Å². The molecular formula is C25H24FN5O2S. The molecule has 0 spiro atoms. The van der Waals surface area contributed by atoms with Crippen LogP contribution in [0, 0.1) is 18.2 Å². The van der Waals surface area contributed by atoms with Crippen molar-refractivity contribution in [3.8, 4) is 29.7 Å². The number of halogens is 1. The van der Waals surface area contributed by atoms with Gasteiger partial charge < -0.3 is 0 Å². The molecule has 0 aliphatic rings. The fraction of sp³-hybridized carbons (Fsp3) is 0.240. The third kappa shape index (κ3) is 4.30. The monoisotopic (exact) mass is 477 g/mol. The topological polar surface area (TPSA) is 89.8 Å². The van der Waals surface area contributed by atoms with Crippen molar-refractivity contribution in [2.45, 2.75) is 44.6 Å². The van der Waals surface area contributed by atoms with E-state index >= 15 is 0 Å². The van der Waals surface area contributed by atoms with Crippen LogP contribution in [0.4, 0.5) is 4.39 Å². The number of rotatable bonds is 5. The normalized spacial score (nSPS) is 12.1. The van der Waals surface area contributed by atoms with Gasteiger partial charge in [-0.05, 0) is 63.1 Å². The van der Waals surface area contributed by atoms with Crippen LogP contribution in [-0.2, 0) is 16.4 Å². The summed E-state index contributed by atoms with van der Waals surface area (Å²) < 4.78 is 44.4. The summed E-state index contributed by atoms with van der Waals surface area (Å²) in [5.41, 5.74) is 1.82. The van der Waals surface area contributed by atoms with E-state index in [2.05, 4.69) is 25.6 Å². The lowest BCUT2D eigenvalue weighted by atomic mass is 10.1. The minimum absolute atomic E-state index is 0.0198. The van der Waals surface area contributed by atoms with E-state index in [0.717, 1.165) is 0 Å². The van der Waals surface area contributed by atoms with Crippen molar-refractivity contribution in [2.75, 3.05) is 0 Å². The van der Waals surface area contributed by atoms with Crippen LogP contribution in [-0.4, -0.2) is 33.5 Å². The number of hydrogen-bond donors (Lipinski definition) is 1. The summed E-state index contributed by atoms with van der Waals surface area (Å²) in [7, 11) is -3.77. The maximum Gasteiger partial charge on any atom is 0.242 e. The first-order valence-corrected chi connectivity index (χ1v) is 12.2. The third-order valence-electron chi connectivity index (χ3n) is 5.14. The molecule has 0 radical (unpaired) electrons. The zero-order valence-corrected chi connectivity index (χ0v) is 20.1. The lowest BCUT2D eigenvalue weighted by molar-refractivity contribution is 0.491. The minimum atomic E-state index is -3.77. The van der Waals surface area contributed by atoms with Gasteiger partial charge in [0.05, 0.1) is 22.5 Å². The van der Waals surface area contributed by atoms with Gasteiger partial charge in [-0.25, -0.2) is 27.5 Å². The molecule has 9 heteroatoms. The number of aromatic nitrogens is 4. The highest BCUT2D eigenvalue weighted by Gasteiger charge is 2.25. The number of hydrogen-bond acceptors (Lipinski definition) is 5. The maximum absolute atomic E-state index is 14.7. The number of pyridine rings is 1. The molecule has 4 aromatic rings. The molecule has 0 fully saturated rings. The molecule has 1 aromatic carbocycles. The molecule has 3 aromatic heterocycles. The molecule has 34 heavy (non-hydrogen) atoms. The summed E-state index contributed by atoms with van der Waals surface area (Å²) in [6, 6.07) is 7.87. The van der Waals surface area contributed by atoms with Crippen molar-refractivity contribution >= 4 is 20.9 Å². The van der Waals surface area contributed by atoms with E-state index in [4.69, 9.17) is 6.42 Å². The van der Waals surface area contributed by atoms with Gasteiger partial charge in [-0.15, -0.1) is 6.42 Å². The van der Waals surface area contributed by atoms with Gasteiger partial charge in [0, 0.05) is 29.5 Å². The van der Waals surface area contributed by atoms with Crippen LogP contribution in [0.2, 0.25) is 0 Å². The number of benzene rings is 1. The quantitative estimate of drug-likeness (QED) is 0.434. The number of terminal acetylenes is 1. The Labute approximate surface area is 198 Å². The Kier molecular flexibility index (Phi) is 5.98. The van der Waals surface area contributed by atoms with Crippen LogP contribution >= 0.6 is 0 Å². The fourth-order valence-corrected chi connectivity index (χ4v) is 5.13. The molecule has 3 heterocycles. The van der Waals surface area contributed by atoms with Crippen molar-refractivity contribution in [1.29, 1.82) is 0 Å². The second-order valence-corrected chi connectivity index (χ2v) is 10.5. The van der Waals surface area contributed by atoms with Crippen molar-refractivity contribution in [3.63, 3.8) is 0 Å². The standard InChI is InChI=1S/C25H24FN5O2S/c1-6-16-13-22-19(14-20(16)26)18(7-2)23(31(22)24-27-11-8-12-28-24)21-10-9-17(15-29-21)34(32,33)30-25(3,4)5/h2,8-15,30H,6H2,1,3-5H3. The van der Waals surface area contributed by atoms with Crippen LogP contribution in [0.3, 0.4) is 0 Å². The van der Waals surface area contributed by atoms with Gasteiger partial charge >= 0.3 is 0 Å². The van der Waals surface area contributed by atoms with E-state index in [1.165, 1.54) is 18.3 Å². The van der Waals surface area contributed by atoms with Crippen LogP contribution in [0.15, 0.2) is 53.8 Å². The zero-order valence-electron chi connectivity index (χ0n) is 19.3. The molecular weight excluding hydrogens is 453 g/mol. The van der Waals surface area contributed by atoms with Gasteiger partial charge in [0.2, 0.25) is 16.0 Å². The molecule has 0 atom stereocenters. The molecule has 0 saturated carbocycles. The molecule has 0 bridgehead atoms. The zero-order chi connectivity index (χ0) is 24.7. The molecule has 4 rings (SSSR count). The molecule has 0 aliphatic carbocycles. The van der Waals surface area contributed by atoms with Gasteiger partial charge in [-0.3, -0.25) is 9.55 Å². The number of sulfonamides is 1. The van der Waals surface area contributed by atoms with Gasteiger partial charge in [0.1, 0.15) is 10.7 Å². The van der Waals surface area contributed by atoms with E-state index in [1.807, 2.05) is 6.92 Å². The first-order valence-electron chi connectivity index (χ1n) is 10.7. The van der Waals surface area contributed by atoms with Gasteiger partial charge in [0.25, 0.3) is 0 Å². The predicted octanol–water partition coefficient (Wildman–Crippen LogP) is 4.24. The van der Waals surface area contributed by atoms with E-state index in [-0.39, 0.29) is 10.7 Å². The first kappa shape index (κ1) is 23.5.